The number of ketones is 1. The van der Waals surface area contributed by atoms with Gasteiger partial charge in [0.15, 0.2) is 11.6 Å². The topological polar surface area (TPSA) is 35.5 Å². The van der Waals surface area contributed by atoms with Crippen molar-refractivity contribution >= 4 is 5.78 Å². The first-order valence-corrected chi connectivity index (χ1v) is 10.9. The molecule has 0 spiro atoms. The number of hydrogen-bond acceptors (Lipinski definition) is 3. The van der Waals surface area contributed by atoms with E-state index in [-0.39, 0.29) is 11.2 Å². The van der Waals surface area contributed by atoms with Gasteiger partial charge in [-0.15, -0.1) is 0 Å². The molecular weight excluding hydrogens is 324 g/mol. The Balaban J connectivity index is 1.45. The first-order valence-electron chi connectivity index (χ1n) is 10.9. The molecule has 0 aromatic carbocycles. The number of fused-ring (bicyclic) bond motifs is 5. The Bertz CT molecular complexity index is 646. The maximum atomic E-state index is 12.0. The molecule has 0 aromatic heterocycles. The smallest absolute Gasteiger partial charge is 0.169 e. The lowest BCUT2D eigenvalue weighted by Crippen LogP contribution is -2.53. The molecule has 3 saturated carbocycles. The van der Waals surface area contributed by atoms with Crippen LogP contribution in [0.5, 0.6) is 0 Å². The highest BCUT2D eigenvalue weighted by molar-refractivity contribution is 5.91. The van der Waals surface area contributed by atoms with Crippen LogP contribution in [-0.2, 0) is 14.3 Å². The van der Waals surface area contributed by atoms with Crippen molar-refractivity contribution < 1.29 is 14.3 Å². The molecule has 6 atom stereocenters. The third-order valence-corrected chi connectivity index (χ3v) is 9.46. The quantitative estimate of drug-likeness (QED) is 0.669. The molecule has 3 nitrogen and oxygen atoms in total. The van der Waals surface area contributed by atoms with Crippen molar-refractivity contribution in [3.8, 4) is 0 Å². The fraction of sp³-hybridized carbons (Fsp3) is 0.870. The van der Waals surface area contributed by atoms with Gasteiger partial charge in [0.25, 0.3) is 0 Å². The van der Waals surface area contributed by atoms with Gasteiger partial charge in [0.05, 0.1) is 13.2 Å². The van der Waals surface area contributed by atoms with Gasteiger partial charge < -0.3 is 9.47 Å². The predicted octanol–water partition coefficient (Wildman–Crippen LogP) is 4.90. The highest BCUT2D eigenvalue weighted by Gasteiger charge is 2.63. The van der Waals surface area contributed by atoms with Crippen LogP contribution in [0.1, 0.15) is 72.1 Å². The summed E-state index contributed by atoms with van der Waals surface area (Å²) in [4.78, 5) is 12.0. The van der Waals surface area contributed by atoms with Gasteiger partial charge in [0, 0.05) is 12.3 Å². The molecule has 0 amide bonds. The SMILES string of the molecule is CC1([C@@H]2CC[C@@H]3[C@H]4CCC5=CC(=O)CC[C@@]5(C)[C@@H]4CC[C@@]32C)OCCO1. The Hall–Kier alpha value is -0.670. The monoisotopic (exact) mass is 358 g/mol. The van der Waals surface area contributed by atoms with E-state index in [0.29, 0.717) is 17.1 Å². The number of ether oxygens (including phenoxy) is 2. The first-order chi connectivity index (χ1) is 12.4. The lowest BCUT2D eigenvalue weighted by Gasteiger charge is -2.58. The average molecular weight is 359 g/mol. The molecular formula is C23H34O3. The summed E-state index contributed by atoms with van der Waals surface area (Å²) in [6, 6.07) is 0. The van der Waals surface area contributed by atoms with Gasteiger partial charge in [0.1, 0.15) is 0 Å². The number of rotatable bonds is 1. The largest absolute Gasteiger partial charge is 0.348 e. The summed E-state index contributed by atoms with van der Waals surface area (Å²) in [5.74, 6) is 2.91. The Morgan fingerprint density at radius 3 is 2.46 bits per heavy atom. The van der Waals surface area contributed by atoms with Gasteiger partial charge in [-0.1, -0.05) is 19.4 Å². The van der Waals surface area contributed by atoms with Crippen molar-refractivity contribution in [2.75, 3.05) is 13.2 Å². The molecule has 26 heavy (non-hydrogen) atoms. The minimum absolute atomic E-state index is 0.278. The van der Waals surface area contributed by atoms with Crippen LogP contribution in [0.4, 0.5) is 0 Å². The first kappa shape index (κ1) is 17.4. The summed E-state index contributed by atoms with van der Waals surface area (Å²) in [6.07, 6.45) is 11.5. The highest BCUT2D eigenvalue weighted by Crippen LogP contribution is 2.68. The second-order valence-electron chi connectivity index (χ2n) is 10.4. The Labute approximate surface area is 157 Å². The molecule has 1 heterocycles. The number of hydrogen-bond donors (Lipinski definition) is 0. The molecule has 5 aliphatic rings. The van der Waals surface area contributed by atoms with E-state index in [4.69, 9.17) is 9.47 Å². The third kappa shape index (κ3) is 2.22. The van der Waals surface area contributed by atoms with Crippen LogP contribution < -0.4 is 0 Å². The summed E-state index contributed by atoms with van der Waals surface area (Å²) >= 11 is 0. The summed E-state index contributed by atoms with van der Waals surface area (Å²) < 4.78 is 12.2. The molecule has 0 radical (unpaired) electrons. The van der Waals surface area contributed by atoms with Crippen molar-refractivity contribution in [1.29, 1.82) is 0 Å². The lowest BCUT2D eigenvalue weighted by molar-refractivity contribution is -0.214. The molecule has 3 heteroatoms. The van der Waals surface area contributed by atoms with Gasteiger partial charge in [-0.05, 0) is 86.5 Å². The molecule has 1 saturated heterocycles. The second-order valence-corrected chi connectivity index (χ2v) is 10.4. The molecule has 5 rings (SSSR count). The van der Waals surface area contributed by atoms with Gasteiger partial charge in [-0.3, -0.25) is 4.79 Å². The zero-order valence-electron chi connectivity index (χ0n) is 16.7. The number of carbonyl (C=O) groups excluding carboxylic acids is 1. The van der Waals surface area contributed by atoms with Crippen LogP contribution in [0.2, 0.25) is 0 Å². The van der Waals surface area contributed by atoms with Gasteiger partial charge >= 0.3 is 0 Å². The van der Waals surface area contributed by atoms with Gasteiger partial charge in [0.2, 0.25) is 0 Å². The standard InChI is InChI=1S/C23H34O3/c1-21-10-8-16(24)14-15(21)4-5-17-18-6-7-20(23(3)25-12-13-26-23)22(18,2)11-9-19(17)21/h14,17-20H,4-13H2,1-3H3/t17-,18-,19-,20-,21-,22+/m1/s1. The van der Waals surface area contributed by atoms with Crippen molar-refractivity contribution in [1.82, 2.24) is 0 Å². The molecule has 1 aliphatic heterocycles. The molecule has 144 valence electrons. The Morgan fingerprint density at radius 1 is 0.923 bits per heavy atom. The van der Waals surface area contributed by atoms with Crippen molar-refractivity contribution in [3.05, 3.63) is 11.6 Å². The van der Waals surface area contributed by atoms with E-state index in [1.165, 1.54) is 37.7 Å². The maximum Gasteiger partial charge on any atom is 0.169 e. The van der Waals surface area contributed by atoms with Crippen LogP contribution in [0.15, 0.2) is 11.6 Å². The van der Waals surface area contributed by atoms with Crippen molar-refractivity contribution in [3.63, 3.8) is 0 Å². The normalized spacial score (nSPS) is 50.0. The zero-order valence-corrected chi connectivity index (χ0v) is 16.7. The zero-order chi connectivity index (χ0) is 18.2. The van der Waals surface area contributed by atoms with Gasteiger partial charge in [-0.25, -0.2) is 0 Å². The maximum absolute atomic E-state index is 12.0. The molecule has 4 aliphatic carbocycles. The fourth-order valence-electron chi connectivity index (χ4n) is 8.15. The Morgan fingerprint density at radius 2 is 1.69 bits per heavy atom. The molecule has 0 N–H and O–H groups in total. The molecule has 0 unspecified atom stereocenters. The summed E-state index contributed by atoms with van der Waals surface area (Å²) in [5, 5.41) is 0. The van der Waals surface area contributed by atoms with E-state index in [1.807, 2.05) is 6.08 Å². The van der Waals surface area contributed by atoms with Crippen molar-refractivity contribution in [2.45, 2.75) is 77.9 Å². The van der Waals surface area contributed by atoms with E-state index < -0.39 is 0 Å². The van der Waals surface area contributed by atoms with Crippen LogP contribution in [0.25, 0.3) is 0 Å². The van der Waals surface area contributed by atoms with Crippen LogP contribution in [-0.4, -0.2) is 24.8 Å². The minimum atomic E-state index is -0.364. The summed E-state index contributed by atoms with van der Waals surface area (Å²) in [6.45, 7) is 8.71. The van der Waals surface area contributed by atoms with E-state index in [1.54, 1.807) is 0 Å². The lowest BCUT2D eigenvalue weighted by atomic mass is 9.46. The van der Waals surface area contributed by atoms with E-state index in [2.05, 4.69) is 20.8 Å². The van der Waals surface area contributed by atoms with Crippen molar-refractivity contribution in [2.24, 2.45) is 34.5 Å². The highest BCUT2D eigenvalue weighted by atomic mass is 16.7. The fourth-order valence-corrected chi connectivity index (χ4v) is 8.15. The Kier molecular flexibility index (Phi) is 3.80. The van der Waals surface area contributed by atoms with Crippen LogP contribution in [0.3, 0.4) is 0 Å². The average Bonchev–Trinajstić information content (AvgIpc) is 3.19. The van der Waals surface area contributed by atoms with Gasteiger partial charge in [-0.2, -0.15) is 0 Å². The minimum Gasteiger partial charge on any atom is -0.348 e. The van der Waals surface area contributed by atoms with E-state index in [0.717, 1.165) is 50.2 Å². The summed E-state index contributed by atoms with van der Waals surface area (Å²) in [5.41, 5.74) is 2.10. The summed E-state index contributed by atoms with van der Waals surface area (Å²) in [7, 11) is 0. The number of allylic oxidation sites excluding steroid dienone is 1. The molecule has 0 bridgehead atoms. The predicted molar refractivity (Wildman–Crippen MR) is 101 cm³/mol. The van der Waals surface area contributed by atoms with Crippen LogP contribution in [0, 0.1) is 34.5 Å². The molecule has 4 fully saturated rings. The number of carbonyl (C=O) groups is 1. The van der Waals surface area contributed by atoms with E-state index >= 15 is 0 Å². The molecule has 0 aromatic rings. The van der Waals surface area contributed by atoms with E-state index in [9.17, 15) is 4.79 Å². The second kappa shape index (κ2) is 5.67. The third-order valence-electron chi connectivity index (χ3n) is 9.46. The van der Waals surface area contributed by atoms with Crippen LogP contribution >= 0.6 is 0 Å².